The second-order valence-electron chi connectivity index (χ2n) is 7.29. The lowest BCUT2D eigenvalue weighted by Gasteiger charge is -2.11. The molecule has 0 radical (unpaired) electrons. The van der Waals surface area contributed by atoms with E-state index in [0.717, 1.165) is 58.3 Å². The van der Waals surface area contributed by atoms with Crippen LogP contribution in [0.5, 0.6) is 0 Å². The predicted molar refractivity (Wildman–Crippen MR) is 121 cm³/mol. The summed E-state index contributed by atoms with van der Waals surface area (Å²) in [5.74, 6) is -0.196. The van der Waals surface area contributed by atoms with Crippen LogP contribution in [0.3, 0.4) is 0 Å². The van der Waals surface area contributed by atoms with Crippen molar-refractivity contribution in [1.29, 1.82) is 5.26 Å². The fourth-order valence-corrected chi connectivity index (χ4v) is 3.30. The Morgan fingerprint density at radius 3 is 2.69 bits per heavy atom. The molecule has 1 aromatic rings. The number of halogens is 1. The van der Waals surface area contributed by atoms with Crippen LogP contribution in [-0.2, 0) is 6.42 Å². The molecule has 0 aromatic heterocycles. The molecule has 29 heavy (non-hydrogen) atoms. The average Bonchev–Trinajstić information content (AvgIpc) is 2.93. The number of hydrogen-bond acceptors (Lipinski definition) is 1. The molecule has 0 spiro atoms. The van der Waals surface area contributed by atoms with Crippen LogP contribution in [0.25, 0.3) is 0 Å². The van der Waals surface area contributed by atoms with Crippen LogP contribution in [0.15, 0.2) is 107 Å². The number of nitriles is 1. The maximum absolute atomic E-state index is 13.3. The van der Waals surface area contributed by atoms with Crippen LogP contribution in [0.2, 0.25) is 0 Å². The summed E-state index contributed by atoms with van der Waals surface area (Å²) in [7, 11) is 0. The first kappa shape index (κ1) is 22.1. The first-order valence-electron chi connectivity index (χ1n) is 9.86. The van der Waals surface area contributed by atoms with Gasteiger partial charge < -0.3 is 0 Å². The molecular formula is C27H28FN. The van der Waals surface area contributed by atoms with E-state index in [2.05, 4.69) is 19.2 Å². The van der Waals surface area contributed by atoms with Crippen LogP contribution in [0.4, 0.5) is 4.39 Å². The molecule has 1 aliphatic rings. The van der Waals surface area contributed by atoms with Gasteiger partial charge in [0.15, 0.2) is 0 Å². The van der Waals surface area contributed by atoms with Crippen molar-refractivity contribution >= 4 is 0 Å². The largest absolute Gasteiger partial charge is 0.207 e. The van der Waals surface area contributed by atoms with Crippen molar-refractivity contribution in [2.75, 3.05) is 0 Å². The molecule has 0 saturated heterocycles. The van der Waals surface area contributed by atoms with Crippen molar-refractivity contribution < 1.29 is 4.39 Å². The minimum Gasteiger partial charge on any atom is -0.207 e. The lowest BCUT2D eigenvalue weighted by atomic mass is 9.94. The Kier molecular flexibility index (Phi) is 8.37. The van der Waals surface area contributed by atoms with E-state index in [4.69, 9.17) is 0 Å². The number of aryl methyl sites for hydroxylation is 1. The van der Waals surface area contributed by atoms with Gasteiger partial charge in [-0.3, -0.25) is 0 Å². The first-order valence-corrected chi connectivity index (χ1v) is 9.86. The third-order valence-corrected chi connectivity index (χ3v) is 4.89. The van der Waals surface area contributed by atoms with Gasteiger partial charge in [0, 0.05) is 12.0 Å². The molecule has 0 unspecified atom stereocenters. The fraction of sp³-hybridized carbons (Fsp3) is 0.222. The highest BCUT2D eigenvalue weighted by Crippen LogP contribution is 2.25. The highest BCUT2D eigenvalue weighted by atomic mass is 19.1. The molecule has 148 valence electrons. The standard InChI is InChI=1S/C27H28FN/c1-20(2)26(21(3)10-8-11-23-12-9-14-25(28)18-23)17-16-22(4)27-15-7-5-6-13-24(27)19-29/h5-7,9,12,14-18H,1,3,8,10-11,13H2,2,4H3/b22-16+,26-17-. The molecule has 2 heteroatoms. The van der Waals surface area contributed by atoms with Crippen molar-refractivity contribution in [2.45, 2.75) is 39.5 Å². The Hall–Kier alpha value is -3.18. The summed E-state index contributed by atoms with van der Waals surface area (Å²) >= 11 is 0. The maximum Gasteiger partial charge on any atom is 0.123 e. The molecule has 0 heterocycles. The van der Waals surface area contributed by atoms with Gasteiger partial charge in [0.2, 0.25) is 0 Å². The number of allylic oxidation sites excluding steroid dienone is 12. The summed E-state index contributed by atoms with van der Waals surface area (Å²) in [5, 5.41) is 9.43. The summed E-state index contributed by atoms with van der Waals surface area (Å²) in [6.45, 7) is 12.3. The van der Waals surface area contributed by atoms with Crippen LogP contribution in [0.1, 0.15) is 38.7 Å². The zero-order valence-electron chi connectivity index (χ0n) is 17.3. The number of hydrogen-bond donors (Lipinski definition) is 0. The van der Waals surface area contributed by atoms with Crippen LogP contribution < -0.4 is 0 Å². The highest BCUT2D eigenvalue weighted by molar-refractivity contribution is 5.53. The lowest BCUT2D eigenvalue weighted by Crippen LogP contribution is -1.94. The van der Waals surface area contributed by atoms with Crippen molar-refractivity contribution in [2.24, 2.45) is 0 Å². The normalized spacial score (nSPS) is 14.6. The molecule has 0 saturated carbocycles. The van der Waals surface area contributed by atoms with Crippen LogP contribution in [-0.4, -0.2) is 0 Å². The van der Waals surface area contributed by atoms with Gasteiger partial charge >= 0.3 is 0 Å². The molecule has 0 aliphatic heterocycles. The van der Waals surface area contributed by atoms with E-state index in [1.165, 1.54) is 6.07 Å². The minimum absolute atomic E-state index is 0.196. The molecule has 2 rings (SSSR count). The molecule has 1 nitrogen and oxygen atoms in total. The van der Waals surface area contributed by atoms with Gasteiger partial charge in [-0.25, -0.2) is 4.39 Å². The summed E-state index contributed by atoms with van der Waals surface area (Å²) < 4.78 is 13.3. The van der Waals surface area contributed by atoms with Gasteiger partial charge in [-0.15, -0.1) is 0 Å². The monoisotopic (exact) mass is 385 g/mol. The summed E-state index contributed by atoms with van der Waals surface area (Å²) in [6, 6.07) is 9.05. The first-order chi connectivity index (χ1) is 13.9. The molecule has 0 fully saturated rings. The van der Waals surface area contributed by atoms with E-state index < -0.39 is 0 Å². The second kappa shape index (κ2) is 11.0. The van der Waals surface area contributed by atoms with E-state index in [0.29, 0.717) is 6.42 Å². The molecule has 0 atom stereocenters. The summed E-state index contributed by atoms with van der Waals surface area (Å²) in [6.07, 6.45) is 15.1. The van der Waals surface area contributed by atoms with Crippen LogP contribution in [0, 0.1) is 17.1 Å². The van der Waals surface area contributed by atoms with Crippen LogP contribution >= 0.6 is 0 Å². The third kappa shape index (κ3) is 6.73. The Morgan fingerprint density at radius 1 is 1.21 bits per heavy atom. The van der Waals surface area contributed by atoms with Crippen molar-refractivity contribution in [3.05, 3.63) is 119 Å². The zero-order valence-corrected chi connectivity index (χ0v) is 17.3. The Labute approximate surface area is 174 Å². The maximum atomic E-state index is 13.3. The Balaban J connectivity index is 2.11. The van der Waals surface area contributed by atoms with E-state index in [1.807, 2.05) is 56.4 Å². The third-order valence-electron chi connectivity index (χ3n) is 4.89. The second-order valence-corrected chi connectivity index (χ2v) is 7.29. The van der Waals surface area contributed by atoms with Crippen molar-refractivity contribution in [3.63, 3.8) is 0 Å². The quantitative estimate of drug-likeness (QED) is 0.425. The molecule has 0 N–H and O–H groups in total. The molecule has 0 bridgehead atoms. The predicted octanol–water partition coefficient (Wildman–Crippen LogP) is 7.49. The lowest BCUT2D eigenvalue weighted by molar-refractivity contribution is 0.624. The van der Waals surface area contributed by atoms with Crippen molar-refractivity contribution in [3.8, 4) is 6.07 Å². The average molecular weight is 386 g/mol. The topological polar surface area (TPSA) is 23.8 Å². The number of rotatable bonds is 8. The van der Waals surface area contributed by atoms with E-state index in [1.54, 1.807) is 12.1 Å². The van der Waals surface area contributed by atoms with Gasteiger partial charge in [0.1, 0.15) is 5.82 Å². The van der Waals surface area contributed by atoms with E-state index in [9.17, 15) is 9.65 Å². The van der Waals surface area contributed by atoms with E-state index >= 15 is 0 Å². The van der Waals surface area contributed by atoms with E-state index in [-0.39, 0.29) is 5.82 Å². The molecular weight excluding hydrogens is 357 g/mol. The number of benzene rings is 1. The van der Waals surface area contributed by atoms with Gasteiger partial charge in [0.05, 0.1) is 6.07 Å². The highest BCUT2D eigenvalue weighted by Gasteiger charge is 2.08. The summed E-state index contributed by atoms with van der Waals surface area (Å²) in [5.41, 5.74) is 6.77. The molecule has 0 amide bonds. The number of nitrogens with zero attached hydrogens (tertiary/aromatic N) is 1. The fourth-order valence-electron chi connectivity index (χ4n) is 3.30. The van der Waals surface area contributed by atoms with Gasteiger partial charge in [-0.1, -0.05) is 67.3 Å². The van der Waals surface area contributed by atoms with Crippen molar-refractivity contribution in [1.82, 2.24) is 0 Å². The summed E-state index contributed by atoms with van der Waals surface area (Å²) in [4.78, 5) is 0. The molecule has 1 aliphatic carbocycles. The zero-order chi connectivity index (χ0) is 21.2. The SMILES string of the molecule is C=C(C)/C(=C/C=C(\C)C1=C(C#N)CC=CC=C1)C(=C)CCCc1cccc(F)c1. The van der Waals surface area contributed by atoms with Gasteiger partial charge in [-0.2, -0.15) is 5.26 Å². The Morgan fingerprint density at radius 2 is 2.00 bits per heavy atom. The van der Waals surface area contributed by atoms with Gasteiger partial charge in [0.25, 0.3) is 0 Å². The minimum atomic E-state index is -0.196. The Bertz CT molecular complexity index is 974. The molecule has 1 aromatic carbocycles. The smallest absolute Gasteiger partial charge is 0.123 e. The van der Waals surface area contributed by atoms with Gasteiger partial charge in [-0.05, 0) is 73.1 Å².